The molecular weight excluding hydrogens is 274 g/mol. The minimum atomic E-state index is 0.116. The first kappa shape index (κ1) is 13.9. The van der Waals surface area contributed by atoms with Crippen LogP contribution in [0.5, 0.6) is 0 Å². The summed E-state index contributed by atoms with van der Waals surface area (Å²) in [6, 6.07) is 7.79. The molecule has 0 spiro atoms. The van der Waals surface area contributed by atoms with E-state index in [2.05, 4.69) is 17.8 Å². The average molecular weight is 294 g/mol. The highest BCUT2D eigenvalue weighted by Crippen LogP contribution is 2.27. The lowest BCUT2D eigenvalue weighted by atomic mass is 9.95. The summed E-state index contributed by atoms with van der Waals surface area (Å²) >= 11 is 5.88. The van der Waals surface area contributed by atoms with Crippen molar-refractivity contribution in [3.63, 3.8) is 0 Å². The third-order valence-corrected chi connectivity index (χ3v) is 4.62. The molecule has 2 fully saturated rings. The molecule has 2 heterocycles. The zero-order valence-electron chi connectivity index (χ0n) is 11.6. The van der Waals surface area contributed by atoms with Gasteiger partial charge in [-0.2, -0.15) is 0 Å². The van der Waals surface area contributed by atoms with Gasteiger partial charge < -0.3 is 4.90 Å². The Hall–Kier alpha value is -1.10. The van der Waals surface area contributed by atoms with Crippen LogP contribution in [0.3, 0.4) is 0 Å². The van der Waals surface area contributed by atoms with E-state index in [0.717, 1.165) is 31.5 Å². The average Bonchev–Trinajstić information content (AvgIpc) is 3.07. The maximum atomic E-state index is 12.7. The number of benzene rings is 1. The molecule has 2 aliphatic rings. The van der Waals surface area contributed by atoms with Crippen LogP contribution in [-0.2, 0) is 0 Å². The van der Waals surface area contributed by atoms with E-state index in [1.54, 1.807) is 12.1 Å². The fourth-order valence-corrected chi connectivity index (χ4v) is 3.38. The van der Waals surface area contributed by atoms with E-state index in [0.29, 0.717) is 17.0 Å². The van der Waals surface area contributed by atoms with E-state index in [1.807, 2.05) is 17.0 Å². The molecular formula is C15H20ClN3O. The number of hydrazine groups is 1. The number of hydrogen-bond donors (Lipinski definition) is 2. The van der Waals surface area contributed by atoms with Gasteiger partial charge in [0.25, 0.3) is 5.91 Å². The highest BCUT2D eigenvalue weighted by atomic mass is 35.5. The molecule has 20 heavy (non-hydrogen) atoms. The van der Waals surface area contributed by atoms with Gasteiger partial charge in [0.1, 0.15) is 0 Å². The van der Waals surface area contributed by atoms with Crippen molar-refractivity contribution in [1.29, 1.82) is 0 Å². The molecule has 2 saturated heterocycles. The Morgan fingerprint density at radius 3 is 2.75 bits per heavy atom. The quantitative estimate of drug-likeness (QED) is 0.877. The maximum absolute atomic E-state index is 12.7. The molecule has 108 valence electrons. The number of halogens is 1. The van der Waals surface area contributed by atoms with Crippen molar-refractivity contribution >= 4 is 17.5 Å². The van der Waals surface area contributed by atoms with Crippen molar-refractivity contribution in [3.8, 4) is 0 Å². The predicted octanol–water partition coefficient (Wildman–Crippen LogP) is 2.06. The molecule has 0 saturated carbocycles. The summed E-state index contributed by atoms with van der Waals surface area (Å²) < 4.78 is 0. The van der Waals surface area contributed by atoms with Crippen LogP contribution in [0.1, 0.15) is 30.1 Å². The van der Waals surface area contributed by atoms with Gasteiger partial charge in [0.05, 0.1) is 0 Å². The fourth-order valence-electron chi connectivity index (χ4n) is 3.26. The van der Waals surface area contributed by atoms with Crippen LogP contribution in [-0.4, -0.2) is 36.0 Å². The van der Waals surface area contributed by atoms with Crippen LogP contribution in [0.2, 0.25) is 5.02 Å². The van der Waals surface area contributed by atoms with Crippen molar-refractivity contribution in [3.05, 3.63) is 34.9 Å². The number of nitrogens with one attached hydrogen (secondary N) is 2. The Balaban J connectivity index is 1.78. The largest absolute Gasteiger partial charge is 0.334 e. The number of rotatable bonds is 2. The third-order valence-electron chi connectivity index (χ3n) is 4.37. The Bertz CT molecular complexity index is 490. The van der Waals surface area contributed by atoms with E-state index in [-0.39, 0.29) is 11.9 Å². The van der Waals surface area contributed by atoms with Crippen LogP contribution in [0.4, 0.5) is 0 Å². The SMILES string of the molecule is CC1CNNC1C1CCCN1C(=O)c1ccc(Cl)cc1. The van der Waals surface area contributed by atoms with E-state index >= 15 is 0 Å². The second-order valence-corrected chi connectivity index (χ2v) is 6.18. The van der Waals surface area contributed by atoms with Crippen LogP contribution >= 0.6 is 11.6 Å². The first-order valence-electron chi connectivity index (χ1n) is 7.22. The summed E-state index contributed by atoms with van der Waals surface area (Å²) in [6.07, 6.45) is 2.15. The first-order chi connectivity index (χ1) is 9.66. The minimum Gasteiger partial charge on any atom is -0.334 e. The fraction of sp³-hybridized carbons (Fsp3) is 0.533. The summed E-state index contributed by atoms with van der Waals surface area (Å²) in [5, 5.41) is 0.662. The summed E-state index contributed by atoms with van der Waals surface area (Å²) in [7, 11) is 0. The van der Waals surface area contributed by atoms with E-state index in [1.165, 1.54) is 0 Å². The molecule has 4 nitrogen and oxygen atoms in total. The van der Waals surface area contributed by atoms with Gasteiger partial charge in [0, 0.05) is 35.8 Å². The molecule has 2 N–H and O–H groups in total. The summed E-state index contributed by atoms with van der Waals surface area (Å²) in [6.45, 7) is 4.03. The number of amides is 1. The molecule has 0 aromatic heterocycles. The van der Waals surface area contributed by atoms with Gasteiger partial charge in [-0.15, -0.1) is 0 Å². The van der Waals surface area contributed by atoms with Crippen LogP contribution in [0.15, 0.2) is 24.3 Å². The molecule has 3 rings (SSSR count). The second-order valence-electron chi connectivity index (χ2n) is 5.74. The van der Waals surface area contributed by atoms with Gasteiger partial charge in [-0.3, -0.25) is 15.6 Å². The molecule has 2 aliphatic heterocycles. The Kier molecular flexibility index (Phi) is 3.96. The number of hydrogen-bond acceptors (Lipinski definition) is 3. The molecule has 0 bridgehead atoms. The monoisotopic (exact) mass is 293 g/mol. The number of likely N-dealkylation sites (tertiary alicyclic amines) is 1. The Morgan fingerprint density at radius 2 is 2.10 bits per heavy atom. The lowest BCUT2D eigenvalue weighted by molar-refractivity contribution is 0.0698. The second kappa shape index (κ2) is 5.72. The molecule has 1 aromatic carbocycles. The minimum absolute atomic E-state index is 0.116. The van der Waals surface area contributed by atoms with E-state index in [4.69, 9.17) is 11.6 Å². The summed E-state index contributed by atoms with van der Waals surface area (Å²) in [5.74, 6) is 0.656. The normalized spacial score (nSPS) is 29.9. The first-order valence-corrected chi connectivity index (χ1v) is 7.59. The third kappa shape index (κ3) is 2.55. The van der Waals surface area contributed by atoms with Crippen molar-refractivity contribution in [1.82, 2.24) is 15.8 Å². The van der Waals surface area contributed by atoms with Crippen molar-refractivity contribution in [2.75, 3.05) is 13.1 Å². The molecule has 0 aliphatic carbocycles. The van der Waals surface area contributed by atoms with Crippen molar-refractivity contribution < 1.29 is 4.79 Å². The number of carbonyl (C=O) groups is 1. The van der Waals surface area contributed by atoms with Gasteiger partial charge >= 0.3 is 0 Å². The number of carbonyl (C=O) groups excluding carboxylic acids is 1. The molecule has 1 aromatic rings. The Morgan fingerprint density at radius 1 is 1.35 bits per heavy atom. The van der Waals surface area contributed by atoms with Crippen LogP contribution in [0, 0.1) is 5.92 Å². The molecule has 5 heteroatoms. The highest BCUT2D eigenvalue weighted by Gasteiger charge is 2.39. The molecule has 0 radical (unpaired) electrons. The van der Waals surface area contributed by atoms with Gasteiger partial charge in [-0.25, -0.2) is 0 Å². The zero-order chi connectivity index (χ0) is 14.1. The standard InChI is InChI=1S/C15H20ClN3O/c1-10-9-17-18-14(10)13-3-2-8-19(13)15(20)11-4-6-12(16)7-5-11/h4-7,10,13-14,17-18H,2-3,8-9H2,1H3. The summed E-state index contributed by atoms with van der Waals surface area (Å²) in [4.78, 5) is 14.7. The van der Waals surface area contributed by atoms with E-state index < -0.39 is 0 Å². The van der Waals surface area contributed by atoms with Crippen LogP contribution < -0.4 is 10.9 Å². The predicted molar refractivity (Wildman–Crippen MR) is 79.6 cm³/mol. The zero-order valence-corrected chi connectivity index (χ0v) is 12.4. The Labute approximate surface area is 124 Å². The van der Waals surface area contributed by atoms with E-state index in [9.17, 15) is 4.79 Å². The van der Waals surface area contributed by atoms with Gasteiger partial charge in [-0.05, 0) is 43.0 Å². The van der Waals surface area contributed by atoms with Gasteiger partial charge in [0.15, 0.2) is 0 Å². The molecule has 3 unspecified atom stereocenters. The lowest BCUT2D eigenvalue weighted by Gasteiger charge is -2.31. The maximum Gasteiger partial charge on any atom is 0.254 e. The molecule has 1 amide bonds. The smallest absolute Gasteiger partial charge is 0.254 e. The van der Waals surface area contributed by atoms with Crippen LogP contribution in [0.25, 0.3) is 0 Å². The van der Waals surface area contributed by atoms with Gasteiger partial charge in [0.2, 0.25) is 0 Å². The number of nitrogens with zero attached hydrogens (tertiary/aromatic N) is 1. The lowest BCUT2D eigenvalue weighted by Crippen LogP contribution is -2.49. The molecule has 3 atom stereocenters. The topological polar surface area (TPSA) is 44.4 Å². The highest BCUT2D eigenvalue weighted by molar-refractivity contribution is 6.30. The summed E-state index contributed by atoms with van der Waals surface area (Å²) in [5.41, 5.74) is 7.25. The van der Waals surface area contributed by atoms with Gasteiger partial charge in [-0.1, -0.05) is 18.5 Å². The van der Waals surface area contributed by atoms with Crippen molar-refractivity contribution in [2.45, 2.75) is 31.8 Å². The van der Waals surface area contributed by atoms with Crippen molar-refractivity contribution in [2.24, 2.45) is 5.92 Å².